The van der Waals surface area contributed by atoms with Crippen LogP contribution in [0.15, 0.2) is 12.2 Å². The lowest BCUT2D eigenvalue weighted by Crippen LogP contribution is -2.67. The summed E-state index contributed by atoms with van der Waals surface area (Å²) in [5.41, 5.74) is 1.37. The maximum atomic E-state index is 14.4. The van der Waals surface area contributed by atoms with Gasteiger partial charge >= 0.3 is 5.97 Å². The number of allylic oxidation sites excluding steroid dienone is 1. The number of fused-ring (bicyclic) bond motifs is 7. The molecule has 2 amide bonds. The van der Waals surface area contributed by atoms with Crippen LogP contribution < -0.4 is 10.6 Å². The van der Waals surface area contributed by atoms with Crippen LogP contribution in [0.2, 0.25) is 0 Å². The maximum absolute atomic E-state index is 14.4. The molecule has 7 nitrogen and oxygen atoms in total. The molecule has 0 aromatic heterocycles. The number of methoxy groups -OCH3 is 1. The third-order valence-corrected chi connectivity index (χ3v) is 16.3. The normalized spacial score (nSPS) is 38.5. The van der Waals surface area contributed by atoms with Crippen molar-refractivity contribution in [2.75, 3.05) is 20.2 Å². The van der Waals surface area contributed by atoms with Gasteiger partial charge in [0.25, 0.3) is 0 Å². The van der Waals surface area contributed by atoms with Crippen molar-refractivity contribution < 1.29 is 23.9 Å². The van der Waals surface area contributed by atoms with E-state index in [1.807, 2.05) is 0 Å². The van der Waals surface area contributed by atoms with Crippen LogP contribution in [0.4, 0.5) is 0 Å². The third kappa shape index (κ3) is 6.74. The van der Waals surface area contributed by atoms with Crippen LogP contribution >= 0.6 is 0 Å². The van der Waals surface area contributed by atoms with Crippen LogP contribution in [0.5, 0.6) is 0 Å². The van der Waals surface area contributed by atoms with Crippen LogP contribution in [0.1, 0.15) is 157 Å². The standard InChI is InChI=1S/C43H70N2O5/c1-29(2)30-18-24-43(38(49)45-27-14-12-10-9-11-13-15-35(47)44-28-21-36(48)50-8)26-25-41(6)31(37(30)43)16-17-33-40(5)22-20-34(46)39(3,4)32(40)19-23-42(33,41)7/h30-33,37H,1,9-28H2,2-8H3,(H,44,47)(H,45,49)/t30-,31+,32-,33+,37+,40-,41+,42+,43-/m0/s1. The minimum Gasteiger partial charge on any atom is -0.469 e. The van der Waals surface area contributed by atoms with E-state index in [9.17, 15) is 19.2 Å². The smallest absolute Gasteiger partial charge is 0.307 e. The Hall–Kier alpha value is -2.18. The number of ether oxygens (including phenoxy) is 1. The van der Waals surface area contributed by atoms with Crippen molar-refractivity contribution in [2.45, 2.75) is 157 Å². The van der Waals surface area contributed by atoms with E-state index < -0.39 is 0 Å². The largest absolute Gasteiger partial charge is 0.469 e. The van der Waals surface area contributed by atoms with Gasteiger partial charge in [0, 0.05) is 31.3 Å². The van der Waals surface area contributed by atoms with Crippen molar-refractivity contribution in [3.8, 4) is 0 Å². The van der Waals surface area contributed by atoms with E-state index in [1.54, 1.807) is 0 Å². The quantitative estimate of drug-likeness (QED) is 0.108. The molecule has 9 atom stereocenters. The summed E-state index contributed by atoms with van der Waals surface area (Å²) in [6, 6.07) is 0. The molecular formula is C43H70N2O5. The lowest BCUT2D eigenvalue weighted by Gasteiger charge is -2.72. The molecule has 5 fully saturated rings. The number of carbonyl (C=O) groups is 4. The van der Waals surface area contributed by atoms with E-state index >= 15 is 0 Å². The monoisotopic (exact) mass is 695 g/mol. The van der Waals surface area contributed by atoms with Crippen molar-refractivity contribution in [2.24, 2.45) is 56.7 Å². The van der Waals surface area contributed by atoms with Gasteiger partial charge in [-0.05, 0) is 123 Å². The first-order valence-electron chi connectivity index (χ1n) is 20.4. The van der Waals surface area contributed by atoms with Gasteiger partial charge in [0.1, 0.15) is 5.78 Å². The van der Waals surface area contributed by atoms with Gasteiger partial charge in [-0.25, -0.2) is 0 Å². The molecule has 5 saturated carbocycles. The fraction of sp³-hybridized carbons (Fsp3) is 0.860. The molecule has 0 bridgehead atoms. The van der Waals surface area contributed by atoms with E-state index in [0.717, 1.165) is 90.0 Å². The Labute approximate surface area is 303 Å². The SMILES string of the molecule is C=C(C)[C@@H]1CC[C@]2(C(=O)NCCCCCCCCC(=O)NCCC(=O)OC)CC[C@]3(C)[C@H](CC[C@@H]4[C@@]5(C)CCC(=O)C(C)(C)[C@@H]5CC[C@]43C)[C@@H]12. The van der Waals surface area contributed by atoms with Gasteiger partial charge in [0.2, 0.25) is 11.8 Å². The Kier molecular flexibility index (Phi) is 11.7. The van der Waals surface area contributed by atoms with Gasteiger partial charge in [-0.1, -0.05) is 72.5 Å². The van der Waals surface area contributed by atoms with Crippen molar-refractivity contribution >= 4 is 23.6 Å². The zero-order valence-electron chi connectivity index (χ0n) is 32.8. The molecule has 5 aliphatic carbocycles. The second-order valence-corrected chi connectivity index (χ2v) is 18.8. The number of rotatable bonds is 14. The number of hydrogen-bond donors (Lipinski definition) is 2. The summed E-state index contributed by atoms with van der Waals surface area (Å²) in [5.74, 6) is 2.87. The third-order valence-electron chi connectivity index (χ3n) is 16.3. The van der Waals surface area contributed by atoms with Crippen molar-refractivity contribution in [3.05, 3.63) is 12.2 Å². The highest BCUT2D eigenvalue weighted by Gasteiger charge is 2.71. The van der Waals surface area contributed by atoms with Gasteiger partial charge in [-0.15, -0.1) is 0 Å². The molecule has 0 aliphatic heterocycles. The molecule has 0 aromatic rings. The molecule has 0 aromatic carbocycles. The predicted molar refractivity (Wildman–Crippen MR) is 199 cm³/mol. The molecule has 50 heavy (non-hydrogen) atoms. The molecule has 0 saturated heterocycles. The minimum absolute atomic E-state index is 0.00659. The molecule has 2 N–H and O–H groups in total. The van der Waals surface area contributed by atoms with Crippen LogP contribution in [0.25, 0.3) is 0 Å². The highest BCUT2D eigenvalue weighted by Crippen LogP contribution is 2.77. The van der Waals surface area contributed by atoms with Crippen LogP contribution in [-0.4, -0.2) is 43.8 Å². The summed E-state index contributed by atoms with van der Waals surface area (Å²) >= 11 is 0. The van der Waals surface area contributed by atoms with Gasteiger partial charge in [-0.2, -0.15) is 0 Å². The van der Waals surface area contributed by atoms with Crippen molar-refractivity contribution in [1.82, 2.24) is 10.6 Å². The second kappa shape index (κ2) is 15.0. The van der Waals surface area contributed by atoms with Crippen molar-refractivity contribution in [1.29, 1.82) is 0 Å². The first kappa shape index (κ1) is 39.0. The highest BCUT2D eigenvalue weighted by molar-refractivity contribution is 5.85. The maximum Gasteiger partial charge on any atom is 0.307 e. The topological polar surface area (TPSA) is 102 Å². The molecular weight excluding hydrogens is 624 g/mol. The second-order valence-electron chi connectivity index (χ2n) is 18.8. The number of unbranched alkanes of at least 4 members (excludes halogenated alkanes) is 5. The zero-order valence-corrected chi connectivity index (χ0v) is 32.8. The van der Waals surface area contributed by atoms with Crippen molar-refractivity contribution in [3.63, 3.8) is 0 Å². The molecule has 0 radical (unpaired) electrons. The van der Waals surface area contributed by atoms with Gasteiger partial charge in [0.15, 0.2) is 0 Å². The first-order chi connectivity index (χ1) is 23.6. The Morgan fingerprint density at radius 2 is 1.46 bits per heavy atom. The number of esters is 1. The zero-order chi connectivity index (χ0) is 36.5. The Bertz CT molecular complexity index is 1310. The number of Topliss-reactive ketones (excluding diaryl/α,β-unsaturated/α-hetero) is 1. The molecule has 7 heteroatoms. The summed E-state index contributed by atoms with van der Waals surface area (Å²) in [6.07, 6.45) is 17.6. The number of ketones is 1. The van der Waals surface area contributed by atoms with E-state index in [1.165, 1.54) is 31.9 Å². The molecule has 5 aliphatic rings. The highest BCUT2D eigenvalue weighted by atomic mass is 16.5. The lowest BCUT2D eigenvalue weighted by molar-refractivity contribution is -0.233. The summed E-state index contributed by atoms with van der Waals surface area (Å²) in [6.45, 7) is 20.1. The van der Waals surface area contributed by atoms with Crippen LogP contribution in [-0.2, 0) is 23.9 Å². The Balaban J connectivity index is 1.16. The summed E-state index contributed by atoms with van der Waals surface area (Å²) in [4.78, 5) is 50.7. The average molecular weight is 695 g/mol. The summed E-state index contributed by atoms with van der Waals surface area (Å²) in [5, 5.41) is 6.25. The number of nitrogens with one attached hydrogen (secondary N) is 2. The Morgan fingerprint density at radius 1 is 0.760 bits per heavy atom. The molecule has 0 heterocycles. The van der Waals surface area contributed by atoms with Gasteiger partial charge in [-0.3, -0.25) is 19.2 Å². The lowest BCUT2D eigenvalue weighted by atomic mass is 9.32. The van der Waals surface area contributed by atoms with Gasteiger partial charge in [0.05, 0.1) is 18.9 Å². The number of amides is 2. The Morgan fingerprint density at radius 3 is 2.16 bits per heavy atom. The average Bonchev–Trinajstić information content (AvgIpc) is 3.47. The number of carbonyl (C=O) groups excluding carboxylic acids is 4. The first-order valence-corrected chi connectivity index (χ1v) is 20.4. The fourth-order valence-electron chi connectivity index (χ4n) is 13.3. The van der Waals surface area contributed by atoms with E-state index in [2.05, 4.69) is 63.5 Å². The molecule has 282 valence electrons. The minimum atomic E-state index is -0.310. The summed E-state index contributed by atoms with van der Waals surface area (Å²) < 4.78 is 4.60. The molecule has 5 rings (SSSR count). The summed E-state index contributed by atoms with van der Waals surface area (Å²) in [7, 11) is 1.35. The van der Waals surface area contributed by atoms with Crippen LogP contribution in [0, 0.1) is 56.7 Å². The number of hydrogen-bond acceptors (Lipinski definition) is 5. The van der Waals surface area contributed by atoms with Crippen LogP contribution in [0.3, 0.4) is 0 Å². The molecule has 0 unspecified atom stereocenters. The fourth-order valence-corrected chi connectivity index (χ4v) is 13.3. The van der Waals surface area contributed by atoms with E-state index in [0.29, 0.717) is 54.2 Å². The van der Waals surface area contributed by atoms with E-state index in [4.69, 9.17) is 0 Å². The predicted octanol–water partition coefficient (Wildman–Crippen LogP) is 8.74. The van der Waals surface area contributed by atoms with E-state index in [-0.39, 0.29) is 45.4 Å². The molecule has 0 spiro atoms. The van der Waals surface area contributed by atoms with Gasteiger partial charge < -0.3 is 15.4 Å².